The second-order valence-electron chi connectivity index (χ2n) is 8.15. The first-order valence-electron chi connectivity index (χ1n) is 10.5. The van der Waals surface area contributed by atoms with E-state index in [2.05, 4.69) is 11.4 Å². The van der Waals surface area contributed by atoms with Gasteiger partial charge in [0.25, 0.3) is 0 Å². The molecule has 0 heterocycles. The Hall–Kier alpha value is -2.82. The number of likely N-dealkylation sites (N-methyl/N-ethyl adjacent to an activating group) is 1. The summed E-state index contributed by atoms with van der Waals surface area (Å²) in [6.07, 6.45) is 1.93. The molecule has 1 N–H and O–H groups in total. The van der Waals surface area contributed by atoms with E-state index in [9.17, 15) is 9.59 Å². The minimum Gasteiger partial charge on any atom is -0.493 e. The average Bonchev–Trinajstić information content (AvgIpc) is 2.66. The third-order valence-electron chi connectivity index (χ3n) is 5.13. The largest absolute Gasteiger partial charge is 0.493 e. The van der Waals surface area contributed by atoms with Crippen LogP contribution in [0.2, 0.25) is 0 Å². The summed E-state index contributed by atoms with van der Waals surface area (Å²) in [6, 6.07) is 10.2. The summed E-state index contributed by atoms with van der Waals surface area (Å²) in [5.41, 5.74) is 6.33. The van der Waals surface area contributed by atoms with Crippen LogP contribution in [-0.2, 0) is 9.59 Å². The van der Waals surface area contributed by atoms with Gasteiger partial charge in [-0.1, -0.05) is 29.8 Å². The number of benzene rings is 2. The second-order valence-corrected chi connectivity index (χ2v) is 8.15. The molecule has 0 saturated heterocycles. The summed E-state index contributed by atoms with van der Waals surface area (Å²) in [5, 5.41) is 2.94. The second kappa shape index (κ2) is 10.8. The first-order valence-corrected chi connectivity index (χ1v) is 10.5. The number of nitrogens with one attached hydrogen (secondary N) is 1. The predicted molar refractivity (Wildman–Crippen MR) is 122 cm³/mol. The summed E-state index contributed by atoms with van der Waals surface area (Å²) in [5.74, 6) is 0.685. The topological polar surface area (TPSA) is 58.6 Å². The number of amides is 2. The van der Waals surface area contributed by atoms with Gasteiger partial charge < -0.3 is 15.0 Å². The molecule has 0 saturated carbocycles. The van der Waals surface area contributed by atoms with Crippen LogP contribution in [0.15, 0.2) is 30.3 Å². The van der Waals surface area contributed by atoms with E-state index in [0.29, 0.717) is 13.0 Å². The van der Waals surface area contributed by atoms with Crippen LogP contribution < -0.4 is 10.1 Å². The monoisotopic (exact) mass is 410 g/mol. The first-order chi connectivity index (χ1) is 14.2. The summed E-state index contributed by atoms with van der Waals surface area (Å²) in [7, 11) is 1.67. The fraction of sp³-hybridized carbons (Fsp3) is 0.440. The van der Waals surface area contributed by atoms with Crippen LogP contribution in [0, 0.1) is 34.6 Å². The molecule has 2 rings (SSSR count). The Labute approximate surface area is 180 Å². The van der Waals surface area contributed by atoms with Crippen molar-refractivity contribution in [1.82, 2.24) is 4.90 Å². The molecule has 0 aliphatic rings. The molecule has 0 spiro atoms. The highest BCUT2D eigenvalue weighted by molar-refractivity contribution is 5.95. The van der Waals surface area contributed by atoms with Gasteiger partial charge in [0.2, 0.25) is 11.8 Å². The molecule has 0 aliphatic heterocycles. The van der Waals surface area contributed by atoms with Crippen molar-refractivity contribution in [2.75, 3.05) is 25.5 Å². The number of anilines is 1. The summed E-state index contributed by atoms with van der Waals surface area (Å²) >= 11 is 0. The van der Waals surface area contributed by atoms with Gasteiger partial charge in [0.1, 0.15) is 5.75 Å². The summed E-state index contributed by atoms with van der Waals surface area (Å²) < 4.78 is 5.83. The van der Waals surface area contributed by atoms with E-state index >= 15 is 0 Å². The van der Waals surface area contributed by atoms with Gasteiger partial charge in [-0.2, -0.15) is 0 Å². The van der Waals surface area contributed by atoms with Crippen molar-refractivity contribution in [3.05, 3.63) is 58.1 Å². The Bertz CT molecular complexity index is 882. The minimum absolute atomic E-state index is 0.0331. The van der Waals surface area contributed by atoms with E-state index in [-0.39, 0.29) is 18.4 Å². The molecule has 30 heavy (non-hydrogen) atoms. The van der Waals surface area contributed by atoms with Gasteiger partial charge in [-0.05, 0) is 75.8 Å². The van der Waals surface area contributed by atoms with Gasteiger partial charge >= 0.3 is 0 Å². The summed E-state index contributed by atoms with van der Waals surface area (Å²) in [6.45, 7) is 10.7. The van der Waals surface area contributed by atoms with Crippen LogP contribution in [0.4, 0.5) is 5.69 Å². The minimum atomic E-state index is -0.181. The van der Waals surface area contributed by atoms with Crippen LogP contribution in [-0.4, -0.2) is 36.9 Å². The van der Waals surface area contributed by atoms with Gasteiger partial charge in [0, 0.05) is 19.2 Å². The quantitative estimate of drug-likeness (QED) is 0.600. The molecule has 0 fully saturated rings. The Morgan fingerprint density at radius 3 is 2.23 bits per heavy atom. The van der Waals surface area contributed by atoms with Gasteiger partial charge in [0.15, 0.2) is 0 Å². The van der Waals surface area contributed by atoms with Crippen LogP contribution in [0.5, 0.6) is 5.75 Å². The number of carbonyl (C=O) groups excluding carboxylic acids is 2. The van der Waals surface area contributed by atoms with Crippen molar-refractivity contribution in [3.63, 3.8) is 0 Å². The van der Waals surface area contributed by atoms with Crippen LogP contribution >= 0.6 is 0 Å². The van der Waals surface area contributed by atoms with Gasteiger partial charge in [0.05, 0.1) is 13.2 Å². The van der Waals surface area contributed by atoms with Crippen LogP contribution in [0.25, 0.3) is 0 Å². The standard InChI is InChI=1S/C25H34N2O3/c1-17-10-11-19(3)22(15-17)30-12-8-7-9-24(29)27(6)16-23(28)26-25-20(4)13-18(2)14-21(25)5/h10-11,13-15H,7-9,12,16H2,1-6H3,(H,26,28). The normalized spacial score (nSPS) is 10.6. The van der Waals surface area contributed by atoms with Crippen molar-refractivity contribution in [1.29, 1.82) is 0 Å². The maximum atomic E-state index is 12.4. The number of hydrogen-bond acceptors (Lipinski definition) is 3. The molecule has 2 amide bonds. The molecule has 0 bridgehead atoms. The number of carbonyl (C=O) groups is 2. The zero-order valence-electron chi connectivity index (χ0n) is 19.1. The molecule has 0 unspecified atom stereocenters. The first kappa shape index (κ1) is 23.5. The maximum Gasteiger partial charge on any atom is 0.243 e. The van der Waals surface area contributed by atoms with E-state index in [1.165, 1.54) is 10.5 Å². The Morgan fingerprint density at radius 2 is 1.57 bits per heavy atom. The third-order valence-corrected chi connectivity index (χ3v) is 5.13. The smallest absolute Gasteiger partial charge is 0.243 e. The van der Waals surface area contributed by atoms with Crippen LogP contribution in [0.3, 0.4) is 0 Å². The highest BCUT2D eigenvalue weighted by Gasteiger charge is 2.14. The molecule has 0 radical (unpaired) electrons. The van der Waals surface area contributed by atoms with E-state index in [0.717, 1.165) is 46.5 Å². The van der Waals surface area contributed by atoms with Crippen molar-refractivity contribution < 1.29 is 14.3 Å². The Kier molecular flexibility index (Phi) is 8.46. The molecule has 2 aromatic rings. The Morgan fingerprint density at radius 1 is 0.900 bits per heavy atom. The van der Waals surface area contributed by atoms with E-state index in [1.54, 1.807) is 7.05 Å². The average molecular weight is 411 g/mol. The molecular weight excluding hydrogens is 376 g/mol. The van der Waals surface area contributed by atoms with Crippen LogP contribution in [0.1, 0.15) is 47.1 Å². The molecule has 0 atom stereocenters. The fourth-order valence-electron chi connectivity index (χ4n) is 3.47. The lowest BCUT2D eigenvalue weighted by molar-refractivity contribution is -0.133. The van der Waals surface area contributed by atoms with Gasteiger partial charge in [-0.3, -0.25) is 9.59 Å². The maximum absolute atomic E-state index is 12.4. The van der Waals surface area contributed by atoms with Crippen molar-refractivity contribution >= 4 is 17.5 Å². The lowest BCUT2D eigenvalue weighted by Gasteiger charge is -2.18. The molecule has 5 heteroatoms. The Balaban J connectivity index is 1.73. The number of aryl methyl sites for hydroxylation is 5. The molecular formula is C25H34N2O3. The molecule has 2 aromatic carbocycles. The summed E-state index contributed by atoms with van der Waals surface area (Å²) in [4.78, 5) is 26.2. The lowest BCUT2D eigenvalue weighted by atomic mass is 10.1. The highest BCUT2D eigenvalue weighted by Crippen LogP contribution is 2.22. The number of unbranched alkanes of at least 4 members (excludes halogenated alkanes) is 1. The van der Waals surface area contributed by atoms with Crippen molar-refractivity contribution in [3.8, 4) is 5.75 Å². The van der Waals surface area contributed by atoms with Gasteiger partial charge in [-0.25, -0.2) is 0 Å². The third kappa shape index (κ3) is 6.90. The fourth-order valence-corrected chi connectivity index (χ4v) is 3.47. The molecule has 5 nitrogen and oxygen atoms in total. The highest BCUT2D eigenvalue weighted by atomic mass is 16.5. The number of rotatable bonds is 9. The lowest BCUT2D eigenvalue weighted by Crippen LogP contribution is -2.35. The molecule has 0 aliphatic carbocycles. The number of hydrogen-bond donors (Lipinski definition) is 1. The number of ether oxygens (including phenoxy) is 1. The van der Waals surface area contributed by atoms with E-state index in [4.69, 9.17) is 4.74 Å². The number of nitrogens with zero attached hydrogens (tertiary/aromatic N) is 1. The predicted octanol–water partition coefficient (Wildman–Crippen LogP) is 4.87. The zero-order valence-corrected chi connectivity index (χ0v) is 19.1. The SMILES string of the molecule is Cc1cc(C)c(NC(=O)CN(C)C(=O)CCCCOc2cc(C)ccc2C)c(C)c1. The van der Waals surface area contributed by atoms with Crippen molar-refractivity contribution in [2.45, 2.75) is 53.9 Å². The molecule has 162 valence electrons. The van der Waals surface area contributed by atoms with Gasteiger partial charge in [-0.15, -0.1) is 0 Å². The zero-order chi connectivity index (χ0) is 22.3. The molecule has 0 aromatic heterocycles. The van der Waals surface area contributed by atoms with Crippen molar-refractivity contribution in [2.24, 2.45) is 0 Å². The van der Waals surface area contributed by atoms with E-state index in [1.807, 2.05) is 58.9 Å². The van der Waals surface area contributed by atoms with E-state index < -0.39 is 0 Å².